The maximum absolute atomic E-state index is 14.1. The Hall–Kier alpha value is -2.55. The fourth-order valence-corrected chi connectivity index (χ4v) is 5.11. The molecule has 2 heterocycles. The summed E-state index contributed by atoms with van der Waals surface area (Å²) in [6.45, 7) is 3.33. The number of carbonyl (C=O) groups excluding carboxylic acids is 1. The minimum Gasteiger partial charge on any atom is -0.340 e. The van der Waals surface area contributed by atoms with Gasteiger partial charge in [0, 0.05) is 29.9 Å². The van der Waals surface area contributed by atoms with Gasteiger partial charge in [0.25, 0.3) is 5.56 Å². The molecule has 1 amide bonds. The lowest BCUT2D eigenvalue weighted by Crippen LogP contribution is -2.38. The molecule has 28 heavy (non-hydrogen) atoms. The standard InChI is InChI=1S/C19H22FN3O4S/c1-13-14(2)21-12-23(19(13)25)11-18(24)22-8-7-17(28(26,27)10-9-22)15-5-3-4-6-16(15)20/h3-6,12,17H,7-11H2,1-2H3. The van der Waals surface area contributed by atoms with Gasteiger partial charge in [0.1, 0.15) is 12.4 Å². The lowest BCUT2D eigenvalue weighted by Gasteiger charge is -2.20. The Morgan fingerprint density at radius 2 is 1.96 bits per heavy atom. The number of carbonyl (C=O) groups is 1. The van der Waals surface area contributed by atoms with Crippen molar-refractivity contribution in [2.45, 2.75) is 32.1 Å². The molecular weight excluding hydrogens is 385 g/mol. The normalized spacial score (nSPS) is 19.2. The lowest BCUT2D eigenvalue weighted by atomic mass is 10.1. The summed E-state index contributed by atoms with van der Waals surface area (Å²) in [6.07, 6.45) is 1.42. The minimum atomic E-state index is -3.61. The highest BCUT2D eigenvalue weighted by Gasteiger charge is 2.34. The highest BCUT2D eigenvalue weighted by Crippen LogP contribution is 2.31. The van der Waals surface area contributed by atoms with Gasteiger partial charge in [-0.3, -0.25) is 14.2 Å². The molecule has 1 unspecified atom stereocenters. The van der Waals surface area contributed by atoms with Crippen LogP contribution in [0.25, 0.3) is 0 Å². The van der Waals surface area contributed by atoms with Gasteiger partial charge in [0.15, 0.2) is 9.84 Å². The van der Waals surface area contributed by atoms with E-state index >= 15 is 0 Å². The number of hydrogen-bond acceptors (Lipinski definition) is 5. The Kier molecular flexibility index (Phi) is 5.64. The molecule has 1 aromatic heterocycles. The van der Waals surface area contributed by atoms with Crippen molar-refractivity contribution < 1.29 is 17.6 Å². The number of rotatable bonds is 3. The van der Waals surface area contributed by atoms with E-state index in [0.29, 0.717) is 11.3 Å². The molecule has 0 radical (unpaired) electrons. The van der Waals surface area contributed by atoms with Crippen LogP contribution < -0.4 is 5.56 Å². The first-order valence-corrected chi connectivity index (χ1v) is 10.7. The Balaban J connectivity index is 1.79. The minimum absolute atomic E-state index is 0.0130. The SMILES string of the molecule is Cc1ncn(CC(=O)N2CCC(c3ccccc3F)S(=O)(=O)CC2)c(=O)c1C. The summed E-state index contributed by atoms with van der Waals surface area (Å²) in [5, 5.41) is -0.988. The van der Waals surface area contributed by atoms with Gasteiger partial charge in [-0.15, -0.1) is 0 Å². The molecule has 0 aliphatic carbocycles. The quantitative estimate of drug-likeness (QED) is 0.767. The maximum atomic E-state index is 14.1. The van der Waals surface area contributed by atoms with Gasteiger partial charge in [0.05, 0.1) is 17.3 Å². The van der Waals surface area contributed by atoms with E-state index in [4.69, 9.17) is 0 Å². The van der Waals surface area contributed by atoms with Crippen molar-refractivity contribution in [1.29, 1.82) is 0 Å². The van der Waals surface area contributed by atoms with Crippen molar-refractivity contribution in [3.8, 4) is 0 Å². The van der Waals surface area contributed by atoms with Gasteiger partial charge in [-0.2, -0.15) is 0 Å². The number of aromatic nitrogens is 2. The van der Waals surface area contributed by atoms with Crippen molar-refractivity contribution >= 4 is 15.7 Å². The number of hydrogen-bond donors (Lipinski definition) is 0. The van der Waals surface area contributed by atoms with Gasteiger partial charge < -0.3 is 4.90 Å². The third kappa shape index (κ3) is 3.99. The second-order valence-corrected chi connectivity index (χ2v) is 9.24. The maximum Gasteiger partial charge on any atom is 0.256 e. The molecule has 0 bridgehead atoms. The first-order chi connectivity index (χ1) is 13.2. The summed E-state index contributed by atoms with van der Waals surface area (Å²) in [5.41, 5.74) is 0.898. The van der Waals surface area contributed by atoms with Gasteiger partial charge in [-0.1, -0.05) is 18.2 Å². The smallest absolute Gasteiger partial charge is 0.256 e. The van der Waals surface area contributed by atoms with Crippen LogP contribution in [-0.2, 0) is 21.2 Å². The van der Waals surface area contributed by atoms with E-state index in [2.05, 4.69) is 4.98 Å². The van der Waals surface area contributed by atoms with Gasteiger partial charge >= 0.3 is 0 Å². The fourth-order valence-electron chi connectivity index (χ4n) is 3.31. The van der Waals surface area contributed by atoms with Crippen molar-refractivity contribution in [3.05, 3.63) is 63.6 Å². The van der Waals surface area contributed by atoms with Crippen LogP contribution in [0.5, 0.6) is 0 Å². The van der Waals surface area contributed by atoms with Crippen LogP contribution in [0.4, 0.5) is 4.39 Å². The zero-order valence-electron chi connectivity index (χ0n) is 15.8. The fraction of sp³-hybridized carbons (Fsp3) is 0.421. The molecule has 1 aliphatic heterocycles. The molecule has 150 valence electrons. The van der Waals surface area contributed by atoms with Gasteiger partial charge in [-0.05, 0) is 26.3 Å². The lowest BCUT2D eigenvalue weighted by molar-refractivity contribution is -0.131. The number of amides is 1. The van der Waals surface area contributed by atoms with Crippen molar-refractivity contribution in [2.75, 3.05) is 18.8 Å². The molecule has 0 N–H and O–H groups in total. The highest BCUT2D eigenvalue weighted by atomic mass is 32.2. The summed E-state index contributed by atoms with van der Waals surface area (Å²) < 4.78 is 40.6. The molecule has 1 aromatic carbocycles. The topological polar surface area (TPSA) is 89.3 Å². The van der Waals surface area contributed by atoms with Crippen LogP contribution in [-0.4, -0.2) is 47.6 Å². The average Bonchev–Trinajstić information content (AvgIpc) is 2.81. The van der Waals surface area contributed by atoms with E-state index in [9.17, 15) is 22.4 Å². The summed E-state index contributed by atoms with van der Waals surface area (Å²) in [5.74, 6) is -1.18. The molecule has 9 heteroatoms. The number of sulfone groups is 1. The monoisotopic (exact) mass is 407 g/mol. The molecule has 0 spiro atoms. The van der Waals surface area contributed by atoms with E-state index < -0.39 is 20.9 Å². The van der Waals surface area contributed by atoms with Crippen molar-refractivity contribution in [2.24, 2.45) is 0 Å². The molecule has 1 saturated heterocycles. The van der Waals surface area contributed by atoms with Crippen LogP contribution in [0.15, 0.2) is 35.4 Å². The molecule has 1 fully saturated rings. The third-order valence-corrected chi connectivity index (χ3v) is 7.27. The van der Waals surface area contributed by atoms with E-state index in [1.165, 1.54) is 34.0 Å². The largest absolute Gasteiger partial charge is 0.340 e. The first-order valence-electron chi connectivity index (χ1n) is 8.97. The summed E-state index contributed by atoms with van der Waals surface area (Å²) in [7, 11) is -3.61. The first kappa shape index (κ1) is 20.2. The molecule has 2 aromatic rings. The molecular formula is C19H22FN3O4S. The summed E-state index contributed by atoms with van der Waals surface area (Å²) >= 11 is 0. The average molecular weight is 407 g/mol. The van der Waals surface area contributed by atoms with E-state index in [-0.39, 0.29) is 48.8 Å². The molecule has 0 saturated carbocycles. The molecule has 7 nitrogen and oxygen atoms in total. The third-order valence-electron chi connectivity index (χ3n) is 5.17. The Morgan fingerprint density at radius 3 is 2.68 bits per heavy atom. The summed E-state index contributed by atoms with van der Waals surface area (Å²) in [6, 6.07) is 5.81. The zero-order valence-corrected chi connectivity index (χ0v) is 16.6. The predicted molar refractivity (Wildman–Crippen MR) is 102 cm³/mol. The predicted octanol–water partition coefficient (Wildman–Crippen LogP) is 1.39. The van der Waals surface area contributed by atoms with Crippen molar-refractivity contribution in [1.82, 2.24) is 14.5 Å². The molecule has 1 atom stereocenters. The number of nitrogens with zero attached hydrogens (tertiary/aromatic N) is 3. The summed E-state index contributed by atoms with van der Waals surface area (Å²) in [4.78, 5) is 30.4. The Labute approximate surface area is 162 Å². The number of aryl methyl sites for hydroxylation is 1. The van der Waals surface area contributed by atoms with Gasteiger partial charge in [0.2, 0.25) is 5.91 Å². The second kappa shape index (κ2) is 7.83. The number of halogens is 1. The number of benzene rings is 1. The van der Waals surface area contributed by atoms with Crippen LogP contribution in [0.2, 0.25) is 0 Å². The van der Waals surface area contributed by atoms with E-state index in [0.717, 1.165) is 0 Å². The highest BCUT2D eigenvalue weighted by molar-refractivity contribution is 7.91. The second-order valence-electron chi connectivity index (χ2n) is 6.93. The van der Waals surface area contributed by atoms with Crippen LogP contribution >= 0.6 is 0 Å². The molecule has 3 rings (SSSR count). The van der Waals surface area contributed by atoms with E-state index in [1.54, 1.807) is 19.9 Å². The van der Waals surface area contributed by atoms with Gasteiger partial charge in [-0.25, -0.2) is 17.8 Å². The zero-order chi connectivity index (χ0) is 20.5. The Bertz CT molecular complexity index is 1070. The van der Waals surface area contributed by atoms with E-state index in [1.807, 2.05) is 0 Å². The van der Waals surface area contributed by atoms with Crippen molar-refractivity contribution in [3.63, 3.8) is 0 Å². The molecule has 1 aliphatic rings. The Morgan fingerprint density at radius 1 is 1.25 bits per heavy atom. The van der Waals surface area contributed by atoms with Crippen LogP contribution in [0, 0.1) is 19.7 Å². The van der Waals surface area contributed by atoms with Crippen LogP contribution in [0.1, 0.15) is 28.5 Å². The van der Waals surface area contributed by atoms with Crippen LogP contribution in [0.3, 0.4) is 0 Å².